The highest BCUT2D eigenvalue weighted by Gasteiger charge is 2.59. The molecule has 14 heavy (non-hydrogen) atoms. The Bertz CT molecular complexity index is 374. The number of piperidine rings is 1. The van der Waals surface area contributed by atoms with Crippen LogP contribution in [-0.2, 0) is 5.41 Å². The maximum atomic E-state index is 5.82. The monoisotopic (exact) mass is 188 g/mol. The van der Waals surface area contributed by atoms with E-state index in [0.29, 0.717) is 5.41 Å². The van der Waals surface area contributed by atoms with Crippen molar-refractivity contribution in [1.29, 1.82) is 0 Å². The van der Waals surface area contributed by atoms with Gasteiger partial charge in [0, 0.05) is 24.2 Å². The average Bonchev–Trinajstić information content (AvgIpc) is 2.71. The van der Waals surface area contributed by atoms with Crippen molar-refractivity contribution in [1.82, 2.24) is 4.90 Å². The van der Waals surface area contributed by atoms with Crippen molar-refractivity contribution in [3.63, 3.8) is 0 Å². The average molecular weight is 188 g/mol. The SMILES string of the molecule is CN1CC2CC2(c2cccc(N)c2)C1. The van der Waals surface area contributed by atoms with Crippen LogP contribution in [0.25, 0.3) is 0 Å². The van der Waals surface area contributed by atoms with Gasteiger partial charge in [0.05, 0.1) is 0 Å². The molecular formula is C12H16N2. The summed E-state index contributed by atoms with van der Waals surface area (Å²) in [6, 6.07) is 8.43. The Labute approximate surface area is 84.7 Å². The van der Waals surface area contributed by atoms with Gasteiger partial charge in [0.15, 0.2) is 0 Å². The first-order valence-corrected chi connectivity index (χ1v) is 5.25. The van der Waals surface area contributed by atoms with Gasteiger partial charge in [-0.2, -0.15) is 0 Å². The predicted molar refractivity (Wildman–Crippen MR) is 58.1 cm³/mol. The molecule has 2 N–H and O–H groups in total. The molecule has 2 heteroatoms. The van der Waals surface area contributed by atoms with Crippen LogP contribution in [0.2, 0.25) is 0 Å². The lowest BCUT2D eigenvalue weighted by molar-refractivity contribution is 0.363. The van der Waals surface area contributed by atoms with Crippen LogP contribution >= 0.6 is 0 Å². The minimum Gasteiger partial charge on any atom is -0.399 e. The van der Waals surface area contributed by atoms with E-state index < -0.39 is 0 Å². The van der Waals surface area contributed by atoms with Gasteiger partial charge in [-0.1, -0.05) is 12.1 Å². The number of rotatable bonds is 1. The van der Waals surface area contributed by atoms with Crippen molar-refractivity contribution in [2.24, 2.45) is 5.92 Å². The van der Waals surface area contributed by atoms with Crippen LogP contribution in [0.5, 0.6) is 0 Å². The van der Waals surface area contributed by atoms with Crippen LogP contribution in [0, 0.1) is 5.92 Å². The van der Waals surface area contributed by atoms with E-state index in [0.717, 1.165) is 11.6 Å². The first kappa shape index (κ1) is 8.30. The van der Waals surface area contributed by atoms with E-state index >= 15 is 0 Å². The first-order valence-electron chi connectivity index (χ1n) is 5.25. The Hall–Kier alpha value is -1.02. The third-order valence-corrected chi connectivity index (χ3v) is 3.78. The van der Waals surface area contributed by atoms with E-state index in [1.165, 1.54) is 25.1 Å². The summed E-state index contributed by atoms with van der Waals surface area (Å²) in [4.78, 5) is 2.43. The lowest BCUT2D eigenvalue weighted by Gasteiger charge is -2.16. The summed E-state index contributed by atoms with van der Waals surface area (Å²) < 4.78 is 0. The van der Waals surface area contributed by atoms with Gasteiger partial charge in [0.2, 0.25) is 0 Å². The lowest BCUT2D eigenvalue weighted by Crippen LogP contribution is -2.22. The van der Waals surface area contributed by atoms with Crippen molar-refractivity contribution < 1.29 is 0 Å². The van der Waals surface area contributed by atoms with Crippen LogP contribution in [0.4, 0.5) is 5.69 Å². The molecule has 2 atom stereocenters. The number of nitrogens with two attached hydrogens (primary N) is 1. The molecule has 0 amide bonds. The summed E-state index contributed by atoms with van der Waals surface area (Å²) in [5.74, 6) is 0.884. The molecule has 2 nitrogen and oxygen atoms in total. The maximum absolute atomic E-state index is 5.82. The normalized spacial score (nSPS) is 35.6. The summed E-state index contributed by atoms with van der Waals surface area (Å²) in [7, 11) is 2.21. The zero-order valence-corrected chi connectivity index (χ0v) is 8.53. The summed E-state index contributed by atoms with van der Waals surface area (Å²) in [6.07, 6.45) is 1.36. The largest absolute Gasteiger partial charge is 0.399 e. The maximum Gasteiger partial charge on any atom is 0.0316 e. The number of nitrogen functional groups attached to an aromatic ring is 1. The zero-order valence-electron chi connectivity index (χ0n) is 8.53. The van der Waals surface area contributed by atoms with Crippen molar-refractivity contribution in [2.75, 3.05) is 25.9 Å². The number of anilines is 1. The molecule has 1 aromatic carbocycles. The highest BCUT2D eigenvalue weighted by molar-refractivity contribution is 5.47. The van der Waals surface area contributed by atoms with Crippen LogP contribution in [0.3, 0.4) is 0 Å². The van der Waals surface area contributed by atoms with E-state index in [4.69, 9.17) is 5.73 Å². The molecule has 0 bridgehead atoms. The third-order valence-electron chi connectivity index (χ3n) is 3.78. The van der Waals surface area contributed by atoms with Crippen LogP contribution in [0.1, 0.15) is 12.0 Å². The van der Waals surface area contributed by atoms with Gasteiger partial charge >= 0.3 is 0 Å². The highest BCUT2D eigenvalue weighted by Crippen LogP contribution is 2.58. The second-order valence-corrected chi connectivity index (χ2v) is 4.88. The highest BCUT2D eigenvalue weighted by atomic mass is 15.2. The van der Waals surface area contributed by atoms with Gasteiger partial charge in [-0.05, 0) is 37.1 Å². The molecule has 0 spiro atoms. The van der Waals surface area contributed by atoms with Crippen LogP contribution < -0.4 is 5.73 Å². The van der Waals surface area contributed by atoms with Gasteiger partial charge in [-0.25, -0.2) is 0 Å². The summed E-state index contributed by atoms with van der Waals surface area (Å²) >= 11 is 0. The molecule has 1 aromatic rings. The van der Waals surface area contributed by atoms with Gasteiger partial charge in [-0.15, -0.1) is 0 Å². The molecule has 74 valence electrons. The van der Waals surface area contributed by atoms with Crippen molar-refractivity contribution >= 4 is 5.69 Å². The van der Waals surface area contributed by atoms with E-state index in [9.17, 15) is 0 Å². The summed E-state index contributed by atoms with van der Waals surface area (Å²) in [5.41, 5.74) is 8.64. The molecule has 2 aliphatic rings. The Morgan fingerprint density at radius 2 is 2.36 bits per heavy atom. The molecular weight excluding hydrogens is 172 g/mol. The fraction of sp³-hybridized carbons (Fsp3) is 0.500. The Balaban J connectivity index is 1.97. The number of likely N-dealkylation sites (tertiary alicyclic amines) is 1. The Morgan fingerprint density at radius 1 is 1.50 bits per heavy atom. The van der Waals surface area contributed by atoms with Crippen LogP contribution in [-0.4, -0.2) is 25.0 Å². The van der Waals surface area contributed by atoms with Gasteiger partial charge < -0.3 is 10.6 Å². The third kappa shape index (κ3) is 1.01. The molecule has 2 unspecified atom stereocenters. The van der Waals surface area contributed by atoms with E-state index in [1.54, 1.807) is 0 Å². The molecule has 1 aliphatic heterocycles. The molecule has 1 saturated heterocycles. The van der Waals surface area contributed by atoms with Gasteiger partial charge in [0.1, 0.15) is 0 Å². The second-order valence-electron chi connectivity index (χ2n) is 4.88. The molecule has 3 rings (SSSR count). The molecule has 2 fully saturated rings. The molecule has 0 radical (unpaired) electrons. The molecule has 1 saturated carbocycles. The molecule has 1 heterocycles. The van der Waals surface area contributed by atoms with Crippen LogP contribution in [0.15, 0.2) is 24.3 Å². The minimum absolute atomic E-state index is 0.462. The van der Waals surface area contributed by atoms with E-state index in [2.05, 4.69) is 30.1 Å². The second kappa shape index (κ2) is 2.51. The lowest BCUT2D eigenvalue weighted by atomic mass is 9.95. The van der Waals surface area contributed by atoms with Crippen molar-refractivity contribution in [3.05, 3.63) is 29.8 Å². The van der Waals surface area contributed by atoms with Gasteiger partial charge in [-0.3, -0.25) is 0 Å². The molecule has 1 aliphatic carbocycles. The van der Waals surface area contributed by atoms with Crippen molar-refractivity contribution in [2.45, 2.75) is 11.8 Å². The van der Waals surface area contributed by atoms with E-state index in [1.807, 2.05) is 6.07 Å². The Kier molecular flexibility index (Phi) is 1.49. The number of fused-ring (bicyclic) bond motifs is 1. The first-order chi connectivity index (χ1) is 6.71. The number of benzene rings is 1. The standard InChI is InChI=1S/C12H16N2/c1-14-7-10-6-12(10,8-14)9-3-2-4-11(13)5-9/h2-5,10H,6-8,13H2,1H3. The number of hydrogen-bond donors (Lipinski definition) is 1. The number of likely N-dealkylation sites (N-methyl/N-ethyl adjacent to an activating group) is 1. The minimum atomic E-state index is 0.462. The number of hydrogen-bond acceptors (Lipinski definition) is 2. The molecule has 0 aromatic heterocycles. The summed E-state index contributed by atoms with van der Waals surface area (Å²) in [6.45, 7) is 2.47. The zero-order chi connectivity index (χ0) is 9.76. The number of nitrogens with zero attached hydrogens (tertiary/aromatic N) is 1. The fourth-order valence-corrected chi connectivity index (χ4v) is 3.03. The van der Waals surface area contributed by atoms with Gasteiger partial charge in [0.25, 0.3) is 0 Å². The summed E-state index contributed by atoms with van der Waals surface area (Å²) in [5, 5.41) is 0. The van der Waals surface area contributed by atoms with E-state index in [-0.39, 0.29) is 0 Å². The fourth-order valence-electron chi connectivity index (χ4n) is 3.03. The predicted octanol–water partition coefficient (Wildman–Crippen LogP) is 1.47. The van der Waals surface area contributed by atoms with Crippen molar-refractivity contribution in [3.8, 4) is 0 Å². The smallest absolute Gasteiger partial charge is 0.0316 e. The Morgan fingerprint density at radius 3 is 3.00 bits per heavy atom. The topological polar surface area (TPSA) is 29.3 Å². The quantitative estimate of drug-likeness (QED) is 0.676.